The van der Waals surface area contributed by atoms with Crippen molar-refractivity contribution in [2.45, 2.75) is 37.9 Å². The van der Waals surface area contributed by atoms with Crippen LogP contribution < -0.4 is 10.2 Å². The lowest BCUT2D eigenvalue weighted by Crippen LogP contribution is -2.26. The van der Waals surface area contributed by atoms with Crippen LogP contribution in [0.5, 0.6) is 0 Å². The highest BCUT2D eigenvalue weighted by atomic mass is 32.2. The van der Waals surface area contributed by atoms with Gasteiger partial charge in [-0.15, -0.1) is 10.2 Å². The van der Waals surface area contributed by atoms with Crippen LogP contribution in [0.1, 0.15) is 32.7 Å². The first kappa shape index (κ1) is 17.5. The van der Waals surface area contributed by atoms with Gasteiger partial charge in [0.1, 0.15) is 6.33 Å². The number of amides is 2. The number of carbonyl (C=O) groups excluding carboxylic acids is 2. The second-order valence-electron chi connectivity index (χ2n) is 6.12. The third kappa shape index (κ3) is 4.01. The molecule has 0 atom stereocenters. The fourth-order valence-corrected chi connectivity index (χ4v) is 3.57. The van der Waals surface area contributed by atoms with Crippen molar-refractivity contribution in [2.75, 3.05) is 22.5 Å². The highest BCUT2D eigenvalue weighted by molar-refractivity contribution is 7.99. The van der Waals surface area contributed by atoms with E-state index >= 15 is 0 Å². The summed E-state index contributed by atoms with van der Waals surface area (Å²) in [6.07, 6.45) is 3.07. The van der Waals surface area contributed by atoms with Crippen LogP contribution in [-0.4, -0.2) is 38.9 Å². The van der Waals surface area contributed by atoms with Gasteiger partial charge in [-0.2, -0.15) is 0 Å². The standard InChI is InChI=1S/C17H21N5O2S/c1-12(2)22-11-18-20-17(22)25-10-15(23)19-13-6-3-4-7-14(13)21-9-5-8-16(21)24/h3-4,6-7,11-12H,5,8-10H2,1-2H3,(H,19,23). The minimum Gasteiger partial charge on any atom is -0.324 e. The van der Waals surface area contributed by atoms with Crippen LogP contribution >= 0.6 is 11.8 Å². The molecular formula is C17H21N5O2S. The minimum absolute atomic E-state index is 0.0982. The Hall–Kier alpha value is -2.35. The van der Waals surface area contributed by atoms with Crippen LogP contribution in [0.25, 0.3) is 0 Å². The molecule has 0 spiro atoms. The van der Waals surface area contributed by atoms with Crippen LogP contribution in [-0.2, 0) is 9.59 Å². The van der Waals surface area contributed by atoms with Crippen molar-refractivity contribution in [3.63, 3.8) is 0 Å². The summed E-state index contributed by atoms with van der Waals surface area (Å²) in [5, 5.41) is 11.6. The van der Waals surface area contributed by atoms with E-state index < -0.39 is 0 Å². The van der Waals surface area contributed by atoms with Crippen molar-refractivity contribution in [3.05, 3.63) is 30.6 Å². The van der Waals surface area contributed by atoms with Gasteiger partial charge in [0.15, 0.2) is 5.16 Å². The Balaban J connectivity index is 1.65. The number of nitrogens with one attached hydrogen (secondary N) is 1. The van der Waals surface area contributed by atoms with E-state index in [0.29, 0.717) is 23.8 Å². The predicted octanol–water partition coefficient (Wildman–Crippen LogP) is 2.72. The highest BCUT2D eigenvalue weighted by Crippen LogP contribution is 2.29. The first-order valence-corrected chi connectivity index (χ1v) is 9.26. The van der Waals surface area contributed by atoms with Gasteiger partial charge in [-0.05, 0) is 32.4 Å². The molecule has 8 heteroatoms. The van der Waals surface area contributed by atoms with Crippen LogP contribution in [0.3, 0.4) is 0 Å². The van der Waals surface area contributed by atoms with E-state index in [1.165, 1.54) is 11.8 Å². The topological polar surface area (TPSA) is 80.1 Å². The molecule has 2 aromatic rings. The number of para-hydroxylation sites is 2. The van der Waals surface area contributed by atoms with Crippen molar-refractivity contribution < 1.29 is 9.59 Å². The Labute approximate surface area is 150 Å². The Bertz CT molecular complexity index is 774. The van der Waals surface area contributed by atoms with Gasteiger partial charge in [-0.25, -0.2) is 0 Å². The molecule has 1 N–H and O–H groups in total. The van der Waals surface area contributed by atoms with Gasteiger partial charge < -0.3 is 14.8 Å². The van der Waals surface area contributed by atoms with Gasteiger partial charge in [0.25, 0.3) is 0 Å². The second-order valence-corrected chi connectivity index (χ2v) is 7.06. The number of hydrogen-bond acceptors (Lipinski definition) is 5. The van der Waals surface area contributed by atoms with Crippen molar-refractivity contribution >= 4 is 35.0 Å². The number of nitrogens with zero attached hydrogens (tertiary/aromatic N) is 4. The molecular weight excluding hydrogens is 338 g/mol. The van der Waals surface area contributed by atoms with Crippen LogP contribution in [0.2, 0.25) is 0 Å². The zero-order valence-electron chi connectivity index (χ0n) is 14.3. The fourth-order valence-electron chi connectivity index (χ4n) is 2.72. The number of carbonyl (C=O) groups is 2. The predicted molar refractivity (Wildman–Crippen MR) is 97.8 cm³/mol. The number of aromatic nitrogens is 3. The molecule has 1 aromatic heterocycles. The highest BCUT2D eigenvalue weighted by Gasteiger charge is 2.24. The molecule has 1 aromatic carbocycles. The van der Waals surface area contributed by atoms with E-state index in [1.807, 2.05) is 42.7 Å². The molecule has 0 saturated carbocycles. The van der Waals surface area contributed by atoms with E-state index in [-0.39, 0.29) is 23.6 Å². The lowest BCUT2D eigenvalue weighted by atomic mass is 10.2. The average molecular weight is 359 g/mol. The van der Waals surface area contributed by atoms with E-state index in [0.717, 1.165) is 12.1 Å². The summed E-state index contributed by atoms with van der Waals surface area (Å²) in [4.78, 5) is 26.1. The summed E-state index contributed by atoms with van der Waals surface area (Å²) >= 11 is 1.34. The van der Waals surface area contributed by atoms with Gasteiger partial charge in [-0.1, -0.05) is 23.9 Å². The first-order valence-electron chi connectivity index (χ1n) is 8.28. The zero-order valence-corrected chi connectivity index (χ0v) is 15.1. The van der Waals surface area contributed by atoms with Crippen LogP contribution in [0.4, 0.5) is 11.4 Å². The molecule has 2 amide bonds. The van der Waals surface area contributed by atoms with Gasteiger partial charge in [0.2, 0.25) is 11.8 Å². The number of anilines is 2. The molecule has 7 nitrogen and oxygen atoms in total. The van der Waals surface area contributed by atoms with Crippen LogP contribution in [0.15, 0.2) is 35.7 Å². The normalized spacial score (nSPS) is 14.4. The molecule has 0 aliphatic carbocycles. The van der Waals surface area contributed by atoms with E-state index in [4.69, 9.17) is 0 Å². The lowest BCUT2D eigenvalue weighted by molar-refractivity contribution is -0.117. The van der Waals surface area contributed by atoms with E-state index in [1.54, 1.807) is 11.2 Å². The molecule has 0 radical (unpaired) electrons. The Morgan fingerprint density at radius 1 is 1.36 bits per heavy atom. The van der Waals surface area contributed by atoms with Crippen LogP contribution in [0, 0.1) is 0 Å². The molecule has 1 aliphatic rings. The van der Waals surface area contributed by atoms with E-state index in [2.05, 4.69) is 15.5 Å². The number of rotatable bonds is 6. The number of hydrogen-bond donors (Lipinski definition) is 1. The maximum absolute atomic E-state index is 12.3. The molecule has 1 saturated heterocycles. The molecule has 25 heavy (non-hydrogen) atoms. The minimum atomic E-state index is -0.137. The van der Waals surface area contributed by atoms with Gasteiger partial charge >= 0.3 is 0 Å². The third-order valence-electron chi connectivity index (χ3n) is 3.97. The SMILES string of the molecule is CC(C)n1cnnc1SCC(=O)Nc1ccccc1N1CCCC1=O. The smallest absolute Gasteiger partial charge is 0.234 e. The third-order valence-corrected chi connectivity index (χ3v) is 4.93. The van der Waals surface area contributed by atoms with Crippen molar-refractivity contribution in [3.8, 4) is 0 Å². The zero-order chi connectivity index (χ0) is 17.8. The molecule has 0 bridgehead atoms. The maximum Gasteiger partial charge on any atom is 0.234 e. The van der Waals surface area contributed by atoms with Crippen molar-refractivity contribution in [1.29, 1.82) is 0 Å². The summed E-state index contributed by atoms with van der Waals surface area (Å²) in [7, 11) is 0. The number of thioether (sulfide) groups is 1. The summed E-state index contributed by atoms with van der Waals surface area (Å²) < 4.78 is 1.93. The molecule has 132 valence electrons. The molecule has 0 unspecified atom stereocenters. The summed E-state index contributed by atoms with van der Waals surface area (Å²) in [6.45, 7) is 4.77. The van der Waals surface area contributed by atoms with Crippen molar-refractivity contribution in [1.82, 2.24) is 14.8 Å². The molecule has 1 aliphatic heterocycles. The lowest BCUT2D eigenvalue weighted by Gasteiger charge is -2.20. The largest absolute Gasteiger partial charge is 0.324 e. The number of benzene rings is 1. The van der Waals surface area contributed by atoms with Gasteiger partial charge in [-0.3, -0.25) is 9.59 Å². The quantitative estimate of drug-likeness (QED) is 0.802. The summed E-state index contributed by atoms with van der Waals surface area (Å²) in [5.41, 5.74) is 1.42. The second kappa shape index (κ2) is 7.69. The Kier molecular flexibility index (Phi) is 5.37. The average Bonchev–Trinajstić information content (AvgIpc) is 3.22. The summed E-state index contributed by atoms with van der Waals surface area (Å²) in [6, 6.07) is 7.64. The first-order chi connectivity index (χ1) is 12.1. The summed E-state index contributed by atoms with van der Waals surface area (Å²) in [5.74, 6) is 0.191. The fraction of sp³-hybridized carbons (Fsp3) is 0.412. The Morgan fingerprint density at radius 3 is 2.88 bits per heavy atom. The van der Waals surface area contributed by atoms with Crippen molar-refractivity contribution in [2.24, 2.45) is 0 Å². The van der Waals surface area contributed by atoms with Gasteiger partial charge in [0, 0.05) is 19.0 Å². The van der Waals surface area contributed by atoms with Gasteiger partial charge in [0.05, 0.1) is 17.1 Å². The molecule has 3 rings (SSSR count). The Morgan fingerprint density at radius 2 is 2.16 bits per heavy atom. The molecule has 2 heterocycles. The monoisotopic (exact) mass is 359 g/mol. The molecule has 1 fully saturated rings. The van der Waals surface area contributed by atoms with E-state index in [9.17, 15) is 9.59 Å². The maximum atomic E-state index is 12.3.